The molecule has 4 unspecified atom stereocenters. The fraction of sp³-hybridized carbons (Fsp3) is 0.759. The van der Waals surface area contributed by atoms with Gasteiger partial charge in [0.25, 0.3) is 0 Å². The summed E-state index contributed by atoms with van der Waals surface area (Å²) in [5.74, 6) is -0.727. The minimum Gasteiger partial charge on any atom is -0.345 e. The zero-order chi connectivity index (χ0) is 33.4. The van der Waals surface area contributed by atoms with Crippen LogP contribution < -0.4 is 21.3 Å². The summed E-state index contributed by atoms with van der Waals surface area (Å²) < 4.78 is 0. The Hall–Kier alpha value is -2.55. The first-order valence-electron chi connectivity index (χ1n) is 15.1. The van der Waals surface area contributed by atoms with Crippen LogP contribution in [0.15, 0.2) is 0 Å². The molecule has 1 aliphatic rings. The number of rotatable bonds is 21. The molecule has 15 heteroatoms. The zero-order valence-corrected chi connectivity index (χ0v) is 28.4. The summed E-state index contributed by atoms with van der Waals surface area (Å²) in [6.45, 7) is 10.7. The SMILES string of the molecule is [B]C(=O)CCCCCSCNC(=O)C(C)NC(=O)C(C)NC(=O)C(C)NC(=O)CCN1C(=O)CC(SCC(C)(C)CC)C1=O. The summed E-state index contributed by atoms with van der Waals surface area (Å²) in [5.41, 5.74) is -0.257. The van der Waals surface area contributed by atoms with Gasteiger partial charge in [0, 0.05) is 19.4 Å². The highest BCUT2D eigenvalue weighted by molar-refractivity contribution is 8.00. The number of hydrogen-bond acceptors (Lipinski definition) is 9. The van der Waals surface area contributed by atoms with E-state index in [-0.39, 0.29) is 48.2 Å². The zero-order valence-electron chi connectivity index (χ0n) is 26.8. The van der Waals surface area contributed by atoms with Gasteiger partial charge >= 0.3 is 0 Å². The van der Waals surface area contributed by atoms with Crippen LogP contribution in [0.3, 0.4) is 0 Å². The number of hydrogen-bond donors (Lipinski definition) is 4. The molecule has 2 radical (unpaired) electrons. The van der Waals surface area contributed by atoms with Crippen molar-refractivity contribution < 1.29 is 33.6 Å². The average Bonchev–Trinajstić information content (AvgIpc) is 3.23. The van der Waals surface area contributed by atoms with E-state index < -0.39 is 41.1 Å². The van der Waals surface area contributed by atoms with Crippen LogP contribution in [0.5, 0.6) is 0 Å². The predicted octanol–water partition coefficient (Wildman–Crippen LogP) is 1.25. The Morgan fingerprint density at radius 1 is 0.909 bits per heavy atom. The summed E-state index contributed by atoms with van der Waals surface area (Å²) in [4.78, 5) is 86.8. The lowest BCUT2D eigenvalue weighted by Crippen LogP contribution is -2.54. The second kappa shape index (κ2) is 19.8. The Labute approximate surface area is 270 Å². The quantitative estimate of drug-likeness (QED) is 0.0616. The van der Waals surface area contributed by atoms with Crippen molar-refractivity contribution in [3.63, 3.8) is 0 Å². The van der Waals surface area contributed by atoms with Crippen LogP contribution in [0.1, 0.15) is 86.5 Å². The minimum atomic E-state index is -0.976. The van der Waals surface area contributed by atoms with E-state index in [1.165, 1.54) is 44.3 Å². The smallest absolute Gasteiger partial charge is 0.242 e. The van der Waals surface area contributed by atoms with Crippen molar-refractivity contribution in [3.8, 4) is 0 Å². The summed E-state index contributed by atoms with van der Waals surface area (Å²) in [7, 11) is 5.10. The largest absolute Gasteiger partial charge is 0.345 e. The number of nitrogens with one attached hydrogen (secondary N) is 4. The molecule has 0 spiro atoms. The van der Waals surface area contributed by atoms with Crippen LogP contribution in [0.4, 0.5) is 0 Å². The van der Waals surface area contributed by atoms with Crippen molar-refractivity contribution in [2.45, 2.75) is 110 Å². The predicted molar refractivity (Wildman–Crippen MR) is 174 cm³/mol. The van der Waals surface area contributed by atoms with Gasteiger partial charge in [0.15, 0.2) is 7.85 Å². The second-order valence-corrected chi connectivity index (χ2v) is 14.1. The monoisotopic (exact) mass is 653 g/mol. The van der Waals surface area contributed by atoms with Crippen LogP contribution in [0, 0.1) is 5.41 Å². The van der Waals surface area contributed by atoms with E-state index in [1.807, 2.05) is 0 Å². The first-order valence-corrected chi connectivity index (χ1v) is 17.3. The molecule has 1 heterocycles. The van der Waals surface area contributed by atoms with Crippen molar-refractivity contribution in [1.29, 1.82) is 0 Å². The minimum absolute atomic E-state index is 0.0543. The van der Waals surface area contributed by atoms with E-state index in [0.29, 0.717) is 12.3 Å². The third-order valence-corrected chi connectivity index (χ3v) is 9.88. The maximum Gasteiger partial charge on any atom is 0.242 e. The molecule has 0 aliphatic carbocycles. The topological polar surface area (TPSA) is 171 Å². The fourth-order valence-electron chi connectivity index (χ4n) is 3.87. The van der Waals surface area contributed by atoms with Crippen LogP contribution >= 0.6 is 23.5 Å². The van der Waals surface area contributed by atoms with E-state index in [1.54, 1.807) is 0 Å². The fourth-order valence-corrected chi connectivity index (χ4v) is 6.06. The summed E-state index contributed by atoms with van der Waals surface area (Å²) >= 11 is 2.99. The Morgan fingerprint density at radius 2 is 1.50 bits per heavy atom. The third-order valence-electron chi connectivity index (χ3n) is 7.23. The van der Waals surface area contributed by atoms with Gasteiger partial charge in [0.05, 0.1) is 16.8 Å². The number of carbonyl (C=O) groups excluding carboxylic acids is 7. The van der Waals surface area contributed by atoms with Gasteiger partial charge in [-0.3, -0.25) is 33.7 Å². The van der Waals surface area contributed by atoms with Crippen LogP contribution in [-0.2, 0) is 33.6 Å². The Bertz CT molecular complexity index is 1050. The van der Waals surface area contributed by atoms with E-state index in [2.05, 4.69) is 42.0 Å². The molecule has 44 heavy (non-hydrogen) atoms. The highest BCUT2D eigenvalue weighted by Crippen LogP contribution is 2.32. The summed E-state index contributed by atoms with van der Waals surface area (Å²) in [5, 5.41) is 9.86. The molecule has 1 saturated heterocycles. The molecule has 246 valence electrons. The molecule has 0 aromatic rings. The molecule has 1 fully saturated rings. The van der Waals surface area contributed by atoms with E-state index >= 15 is 0 Å². The number of amides is 6. The number of nitrogens with zero attached hydrogens (tertiary/aromatic N) is 1. The molecular weight excluding hydrogens is 605 g/mol. The van der Waals surface area contributed by atoms with Gasteiger partial charge in [-0.25, -0.2) is 0 Å². The summed E-state index contributed by atoms with van der Waals surface area (Å²) in [6, 6.07) is -2.78. The van der Waals surface area contributed by atoms with Crippen molar-refractivity contribution in [2.75, 3.05) is 23.9 Å². The molecule has 1 rings (SSSR count). The van der Waals surface area contributed by atoms with Gasteiger partial charge in [-0.1, -0.05) is 33.6 Å². The lowest BCUT2D eigenvalue weighted by Gasteiger charge is -2.23. The number of imide groups is 1. The molecule has 0 aromatic carbocycles. The van der Waals surface area contributed by atoms with E-state index in [0.717, 1.165) is 42.1 Å². The van der Waals surface area contributed by atoms with Gasteiger partial charge in [-0.15, -0.1) is 23.5 Å². The molecule has 4 atom stereocenters. The molecule has 12 nitrogen and oxygen atoms in total. The maximum atomic E-state index is 12.7. The number of thioether (sulfide) groups is 2. The van der Waals surface area contributed by atoms with Crippen molar-refractivity contribution >= 4 is 72.5 Å². The highest BCUT2D eigenvalue weighted by atomic mass is 32.2. The van der Waals surface area contributed by atoms with Gasteiger partial charge < -0.3 is 26.1 Å². The standard InChI is InChI=1S/C29H48BN5O7S2/c1-7-29(5,6)16-44-21-15-24(38)35(28(21)42)13-12-23(37)32-19(3)26(40)34-20(4)27(41)33-18(2)25(39)31-17-43-14-10-8-9-11-22(30)36/h18-21H,7-17H2,1-6H3,(H,31,39)(H,32,37)(H,33,41)(H,34,40). The van der Waals surface area contributed by atoms with Crippen molar-refractivity contribution in [2.24, 2.45) is 5.41 Å². The molecule has 0 bridgehead atoms. The van der Waals surface area contributed by atoms with Crippen LogP contribution in [0.2, 0.25) is 0 Å². The van der Waals surface area contributed by atoms with Gasteiger partial charge in [-0.05, 0) is 57.0 Å². The average molecular weight is 654 g/mol. The number of likely N-dealkylation sites (tertiary alicyclic amines) is 1. The lowest BCUT2D eigenvalue weighted by atomic mass is 9.93. The summed E-state index contributed by atoms with van der Waals surface area (Å²) in [6.07, 6.45) is 3.80. The molecule has 0 saturated carbocycles. The molecule has 0 aromatic heterocycles. The number of carbonyl (C=O) groups is 7. The lowest BCUT2D eigenvalue weighted by molar-refractivity contribution is -0.139. The van der Waals surface area contributed by atoms with E-state index in [9.17, 15) is 33.6 Å². The molecule has 4 N–H and O–H groups in total. The van der Waals surface area contributed by atoms with Crippen LogP contribution in [0.25, 0.3) is 0 Å². The van der Waals surface area contributed by atoms with Gasteiger partial charge in [0.2, 0.25) is 35.4 Å². The molecule has 6 amide bonds. The maximum absolute atomic E-state index is 12.7. The highest BCUT2D eigenvalue weighted by Gasteiger charge is 2.39. The van der Waals surface area contributed by atoms with Crippen LogP contribution in [-0.4, -0.2) is 101 Å². The first kappa shape index (κ1) is 39.5. The number of unbranched alkanes of at least 4 members (excludes halogenated alkanes) is 2. The Morgan fingerprint density at radius 3 is 2.09 bits per heavy atom. The molecule has 1 aliphatic heterocycles. The Kier molecular flexibility index (Phi) is 17.7. The third kappa shape index (κ3) is 15.0. The second-order valence-electron chi connectivity index (χ2n) is 11.8. The van der Waals surface area contributed by atoms with Gasteiger partial charge in [-0.2, -0.15) is 0 Å². The van der Waals surface area contributed by atoms with Crippen molar-refractivity contribution in [3.05, 3.63) is 0 Å². The Balaban J connectivity index is 2.35. The first-order chi connectivity index (χ1) is 20.6. The molecular formula is C29H48BN5O7S2. The van der Waals surface area contributed by atoms with Gasteiger partial charge in [0.1, 0.15) is 18.1 Å². The van der Waals surface area contributed by atoms with Crippen molar-refractivity contribution in [1.82, 2.24) is 26.2 Å². The normalized spacial score (nSPS) is 17.0. The van der Waals surface area contributed by atoms with E-state index in [4.69, 9.17) is 7.85 Å².